The molecule has 0 aromatic carbocycles. The van der Waals surface area contributed by atoms with E-state index in [4.69, 9.17) is 10.7 Å². The van der Waals surface area contributed by atoms with Crippen molar-refractivity contribution in [1.82, 2.24) is 10.3 Å². The molecular weight excluding hydrogens is 252 g/mol. The molecule has 0 saturated heterocycles. The van der Waals surface area contributed by atoms with Crippen molar-refractivity contribution in [1.29, 1.82) is 0 Å². The molecule has 1 aliphatic carbocycles. The number of nitrogens with one attached hydrogen (secondary N) is 1. The summed E-state index contributed by atoms with van der Waals surface area (Å²) < 4.78 is 0. The maximum atomic E-state index is 11.7. The molecule has 20 heavy (non-hydrogen) atoms. The molecule has 0 bridgehead atoms. The van der Waals surface area contributed by atoms with Crippen molar-refractivity contribution in [2.75, 3.05) is 25.0 Å². The first kappa shape index (κ1) is 14.8. The lowest BCUT2D eigenvalue weighted by atomic mass is 9.94. The zero-order valence-corrected chi connectivity index (χ0v) is 12.4. The number of nitrogens with zero attached hydrogens (tertiary/aromatic N) is 2. The van der Waals surface area contributed by atoms with Crippen LogP contribution >= 0.6 is 0 Å². The summed E-state index contributed by atoms with van der Waals surface area (Å²) in [5, 5.41) is 2.81. The first-order valence-corrected chi connectivity index (χ1v) is 7.35. The van der Waals surface area contributed by atoms with Gasteiger partial charge < -0.3 is 16.0 Å². The van der Waals surface area contributed by atoms with Crippen LogP contribution in [0.5, 0.6) is 0 Å². The third kappa shape index (κ3) is 3.28. The van der Waals surface area contributed by atoms with Crippen molar-refractivity contribution in [2.45, 2.75) is 39.2 Å². The first-order chi connectivity index (χ1) is 9.65. The lowest BCUT2D eigenvalue weighted by molar-refractivity contribution is -0.119. The molecule has 1 aromatic rings. The summed E-state index contributed by atoms with van der Waals surface area (Å²) >= 11 is 0. The van der Waals surface area contributed by atoms with Crippen LogP contribution in [0.2, 0.25) is 0 Å². The number of amides is 1. The normalized spacial score (nSPS) is 13.8. The van der Waals surface area contributed by atoms with Crippen LogP contribution < -0.4 is 16.0 Å². The van der Waals surface area contributed by atoms with E-state index in [1.54, 1.807) is 0 Å². The fourth-order valence-electron chi connectivity index (χ4n) is 2.69. The molecular formula is C15H24N4O. The predicted octanol–water partition coefficient (Wildman–Crippen LogP) is 0.991. The van der Waals surface area contributed by atoms with Gasteiger partial charge in [-0.05, 0) is 44.2 Å². The Hall–Kier alpha value is -1.62. The number of hydrogen-bond acceptors (Lipinski definition) is 4. The summed E-state index contributed by atoms with van der Waals surface area (Å²) in [6.07, 6.45) is 4.55. The molecule has 1 aromatic heterocycles. The zero-order valence-electron chi connectivity index (χ0n) is 12.4. The number of carbonyl (C=O) groups excluding carboxylic acids is 1. The minimum Gasteiger partial charge on any atom is -0.355 e. The van der Waals surface area contributed by atoms with E-state index >= 15 is 0 Å². The Morgan fingerprint density at radius 3 is 2.90 bits per heavy atom. The van der Waals surface area contributed by atoms with Gasteiger partial charge in [0.2, 0.25) is 5.91 Å². The number of likely N-dealkylation sites (N-methyl/N-ethyl adjacent to an activating group) is 2. The molecule has 0 unspecified atom stereocenters. The fourth-order valence-corrected chi connectivity index (χ4v) is 2.69. The Labute approximate surface area is 120 Å². The van der Waals surface area contributed by atoms with Crippen LogP contribution in [0.4, 0.5) is 5.82 Å². The van der Waals surface area contributed by atoms with E-state index in [9.17, 15) is 4.79 Å². The van der Waals surface area contributed by atoms with E-state index in [1.165, 1.54) is 24.1 Å². The molecule has 0 fully saturated rings. The SMILES string of the molecule is CCNC(=O)CN(C)c1nc2c(cc1CN)CCCC2. The summed E-state index contributed by atoms with van der Waals surface area (Å²) in [5.74, 6) is 0.858. The number of anilines is 1. The Kier molecular flexibility index (Phi) is 4.95. The van der Waals surface area contributed by atoms with E-state index in [0.717, 1.165) is 24.2 Å². The minimum atomic E-state index is 0.0116. The predicted molar refractivity (Wildman–Crippen MR) is 80.7 cm³/mol. The number of nitrogens with two attached hydrogens (primary N) is 1. The summed E-state index contributed by atoms with van der Waals surface area (Å²) in [6.45, 7) is 3.33. The van der Waals surface area contributed by atoms with Gasteiger partial charge in [0.25, 0.3) is 0 Å². The van der Waals surface area contributed by atoms with E-state index in [2.05, 4.69) is 11.4 Å². The molecule has 5 nitrogen and oxygen atoms in total. The molecule has 0 aliphatic heterocycles. The molecule has 0 spiro atoms. The van der Waals surface area contributed by atoms with Crippen LogP contribution in [-0.4, -0.2) is 31.0 Å². The number of carbonyl (C=O) groups is 1. The maximum Gasteiger partial charge on any atom is 0.239 e. The van der Waals surface area contributed by atoms with Gasteiger partial charge in [0.1, 0.15) is 5.82 Å². The van der Waals surface area contributed by atoms with Crippen LogP contribution in [0, 0.1) is 0 Å². The Morgan fingerprint density at radius 1 is 1.45 bits per heavy atom. The summed E-state index contributed by atoms with van der Waals surface area (Å²) in [4.78, 5) is 18.4. The van der Waals surface area contributed by atoms with E-state index in [-0.39, 0.29) is 5.91 Å². The second kappa shape index (κ2) is 6.70. The molecule has 110 valence electrons. The van der Waals surface area contributed by atoms with Gasteiger partial charge in [0.05, 0.1) is 6.54 Å². The summed E-state index contributed by atoms with van der Waals surface area (Å²) in [5.41, 5.74) is 9.37. The molecule has 1 aliphatic rings. The van der Waals surface area contributed by atoms with E-state index in [1.807, 2.05) is 18.9 Å². The van der Waals surface area contributed by atoms with Gasteiger partial charge in [0, 0.05) is 31.4 Å². The lowest BCUT2D eigenvalue weighted by Crippen LogP contribution is -2.36. The van der Waals surface area contributed by atoms with Crippen molar-refractivity contribution in [3.63, 3.8) is 0 Å². The van der Waals surface area contributed by atoms with Crippen LogP contribution in [-0.2, 0) is 24.2 Å². The molecule has 5 heteroatoms. The average Bonchev–Trinajstić information content (AvgIpc) is 2.45. The van der Waals surface area contributed by atoms with Gasteiger partial charge in [0.15, 0.2) is 0 Å². The number of rotatable bonds is 5. The average molecular weight is 276 g/mol. The highest BCUT2D eigenvalue weighted by Gasteiger charge is 2.17. The Balaban J connectivity index is 2.23. The number of aryl methyl sites for hydroxylation is 2. The third-order valence-electron chi connectivity index (χ3n) is 3.69. The Morgan fingerprint density at radius 2 is 2.20 bits per heavy atom. The molecule has 0 atom stereocenters. The summed E-state index contributed by atoms with van der Waals surface area (Å²) in [7, 11) is 1.89. The quantitative estimate of drug-likeness (QED) is 0.841. The lowest BCUT2D eigenvalue weighted by Gasteiger charge is -2.24. The summed E-state index contributed by atoms with van der Waals surface area (Å²) in [6, 6.07) is 2.17. The van der Waals surface area contributed by atoms with Gasteiger partial charge >= 0.3 is 0 Å². The highest BCUT2D eigenvalue weighted by molar-refractivity contribution is 5.81. The Bertz CT molecular complexity index is 487. The second-order valence-corrected chi connectivity index (χ2v) is 5.30. The smallest absolute Gasteiger partial charge is 0.239 e. The van der Waals surface area contributed by atoms with Crippen molar-refractivity contribution in [2.24, 2.45) is 5.73 Å². The first-order valence-electron chi connectivity index (χ1n) is 7.35. The fraction of sp³-hybridized carbons (Fsp3) is 0.600. The number of aromatic nitrogens is 1. The van der Waals surface area contributed by atoms with Crippen LogP contribution in [0.15, 0.2) is 6.07 Å². The molecule has 0 radical (unpaired) electrons. The molecule has 0 saturated carbocycles. The molecule has 3 N–H and O–H groups in total. The van der Waals surface area contributed by atoms with Crippen molar-refractivity contribution in [3.8, 4) is 0 Å². The monoisotopic (exact) mass is 276 g/mol. The van der Waals surface area contributed by atoms with Gasteiger partial charge in [-0.1, -0.05) is 0 Å². The van der Waals surface area contributed by atoms with Crippen molar-refractivity contribution < 1.29 is 4.79 Å². The van der Waals surface area contributed by atoms with Crippen LogP contribution in [0.1, 0.15) is 36.6 Å². The third-order valence-corrected chi connectivity index (χ3v) is 3.69. The zero-order chi connectivity index (χ0) is 14.5. The maximum absolute atomic E-state index is 11.7. The number of fused-ring (bicyclic) bond motifs is 1. The number of pyridine rings is 1. The van der Waals surface area contributed by atoms with Gasteiger partial charge in [-0.15, -0.1) is 0 Å². The standard InChI is InChI=1S/C15H24N4O/c1-3-17-14(20)10-19(2)15-12(9-16)8-11-6-4-5-7-13(11)18-15/h8H,3-7,9-10,16H2,1-2H3,(H,17,20). The van der Waals surface area contributed by atoms with Crippen LogP contribution in [0.3, 0.4) is 0 Å². The van der Waals surface area contributed by atoms with Gasteiger partial charge in [-0.3, -0.25) is 4.79 Å². The van der Waals surface area contributed by atoms with Crippen molar-refractivity contribution >= 4 is 11.7 Å². The second-order valence-electron chi connectivity index (χ2n) is 5.30. The van der Waals surface area contributed by atoms with Crippen molar-refractivity contribution in [3.05, 3.63) is 22.9 Å². The highest BCUT2D eigenvalue weighted by atomic mass is 16.2. The number of hydrogen-bond donors (Lipinski definition) is 2. The topological polar surface area (TPSA) is 71.2 Å². The molecule has 1 amide bonds. The highest BCUT2D eigenvalue weighted by Crippen LogP contribution is 2.26. The van der Waals surface area contributed by atoms with Gasteiger partial charge in [-0.25, -0.2) is 4.98 Å². The largest absolute Gasteiger partial charge is 0.355 e. The molecule has 1 heterocycles. The van der Waals surface area contributed by atoms with Gasteiger partial charge in [-0.2, -0.15) is 0 Å². The molecule has 2 rings (SSSR count). The minimum absolute atomic E-state index is 0.0116. The van der Waals surface area contributed by atoms with Crippen LogP contribution in [0.25, 0.3) is 0 Å². The van der Waals surface area contributed by atoms with E-state index < -0.39 is 0 Å². The van der Waals surface area contributed by atoms with E-state index in [0.29, 0.717) is 19.6 Å².